The number of amides is 2. The summed E-state index contributed by atoms with van der Waals surface area (Å²) < 4.78 is 0. The third-order valence-electron chi connectivity index (χ3n) is 6.43. The number of thiazole rings is 1. The fraction of sp³-hybridized carbons (Fsp3) is 0.320. The van der Waals surface area contributed by atoms with Crippen LogP contribution < -0.4 is 5.32 Å². The molecule has 0 bridgehead atoms. The first-order valence-electron chi connectivity index (χ1n) is 10.9. The number of nitrogens with zero attached hydrogens (tertiary/aromatic N) is 2. The quantitative estimate of drug-likeness (QED) is 0.495. The van der Waals surface area contributed by atoms with Crippen LogP contribution in [-0.4, -0.2) is 40.8 Å². The van der Waals surface area contributed by atoms with Crippen molar-refractivity contribution in [2.45, 2.75) is 26.3 Å². The number of piperidine rings is 1. The van der Waals surface area contributed by atoms with E-state index in [2.05, 4.69) is 16.4 Å². The van der Waals surface area contributed by atoms with Crippen molar-refractivity contribution in [2.75, 3.05) is 13.1 Å². The number of aromatic nitrogens is 1. The van der Waals surface area contributed by atoms with Gasteiger partial charge in [0.2, 0.25) is 0 Å². The van der Waals surface area contributed by atoms with Crippen molar-refractivity contribution in [1.82, 2.24) is 15.2 Å². The maximum absolute atomic E-state index is 13.6. The molecule has 33 heavy (non-hydrogen) atoms. The van der Waals surface area contributed by atoms with Gasteiger partial charge in [-0.2, -0.15) is 0 Å². The Morgan fingerprint density at radius 1 is 1.15 bits per heavy atom. The Morgan fingerprint density at radius 2 is 1.97 bits per heavy atom. The summed E-state index contributed by atoms with van der Waals surface area (Å²) in [6, 6.07) is 12.9. The fourth-order valence-corrected chi connectivity index (χ4v) is 5.90. The molecule has 0 spiro atoms. The van der Waals surface area contributed by atoms with Crippen molar-refractivity contribution >= 4 is 46.4 Å². The number of aryl methyl sites for hydroxylation is 2. The molecule has 2 aliphatic rings. The molecule has 1 aliphatic carbocycles. The van der Waals surface area contributed by atoms with Crippen LogP contribution in [0.2, 0.25) is 10.0 Å². The van der Waals surface area contributed by atoms with E-state index in [4.69, 9.17) is 23.2 Å². The summed E-state index contributed by atoms with van der Waals surface area (Å²) in [5.74, 6) is 0.639. The van der Waals surface area contributed by atoms with E-state index in [1.54, 1.807) is 29.5 Å². The Labute approximate surface area is 206 Å². The van der Waals surface area contributed by atoms with Crippen LogP contribution in [0.1, 0.15) is 37.8 Å². The number of likely N-dealkylation sites (tertiary alicyclic amines) is 1. The molecule has 2 heterocycles. The summed E-state index contributed by atoms with van der Waals surface area (Å²) in [5.41, 5.74) is 3.11. The predicted octanol–water partition coefficient (Wildman–Crippen LogP) is 5.62. The van der Waals surface area contributed by atoms with E-state index in [1.807, 2.05) is 36.9 Å². The first-order chi connectivity index (χ1) is 15.8. The molecule has 170 valence electrons. The van der Waals surface area contributed by atoms with Crippen molar-refractivity contribution in [3.05, 3.63) is 74.3 Å². The predicted molar refractivity (Wildman–Crippen MR) is 132 cm³/mol. The average molecular weight is 500 g/mol. The third-order valence-corrected chi connectivity index (χ3v) is 8.19. The van der Waals surface area contributed by atoms with E-state index in [0.717, 1.165) is 27.4 Å². The molecule has 1 unspecified atom stereocenters. The first kappa shape index (κ1) is 22.4. The molecule has 8 heteroatoms. The Balaban J connectivity index is 1.35. The van der Waals surface area contributed by atoms with Crippen LogP contribution in [0, 0.1) is 25.7 Å². The highest BCUT2D eigenvalue weighted by Crippen LogP contribution is 2.50. The van der Waals surface area contributed by atoms with E-state index in [0.29, 0.717) is 46.2 Å². The van der Waals surface area contributed by atoms with E-state index < -0.39 is 0 Å². The van der Waals surface area contributed by atoms with Crippen molar-refractivity contribution < 1.29 is 9.59 Å². The van der Waals surface area contributed by atoms with Crippen LogP contribution >= 0.6 is 34.5 Å². The van der Waals surface area contributed by atoms with Crippen molar-refractivity contribution in [3.63, 3.8) is 0 Å². The van der Waals surface area contributed by atoms with Crippen molar-refractivity contribution in [3.8, 4) is 10.4 Å². The van der Waals surface area contributed by atoms with Gasteiger partial charge in [-0.05, 0) is 55.9 Å². The molecule has 1 saturated carbocycles. The lowest BCUT2D eigenvalue weighted by molar-refractivity contribution is 0.0690. The molecule has 1 aliphatic heterocycles. The Morgan fingerprint density at radius 3 is 2.73 bits per heavy atom. The average Bonchev–Trinajstić information content (AvgIpc) is 3.30. The number of fused-ring (bicyclic) bond motifs is 1. The summed E-state index contributed by atoms with van der Waals surface area (Å²) in [4.78, 5) is 33.7. The lowest BCUT2D eigenvalue weighted by atomic mass is 10.1. The van der Waals surface area contributed by atoms with Crippen molar-refractivity contribution in [2.24, 2.45) is 11.8 Å². The van der Waals surface area contributed by atoms with Crippen LogP contribution in [0.4, 0.5) is 0 Å². The Hall–Kier alpha value is -2.41. The topological polar surface area (TPSA) is 62.3 Å². The van der Waals surface area contributed by atoms with Crippen LogP contribution in [0.3, 0.4) is 0 Å². The molecule has 5 nitrogen and oxygen atoms in total. The molecule has 2 amide bonds. The zero-order chi connectivity index (χ0) is 23.3. The molecule has 5 rings (SSSR count). The smallest absolute Gasteiger partial charge is 0.274 e. The molecule has 3 atom stereocenters. The van der Waals surface area contributed by atoms with E-state index in [9.17, 15) is 9.59 Å². The maximum Gasteiger partial charge on any atom is 0.274 e. The van der Waals surface area contributed by atoms with E-state index in [-0.39, 0.29) is 17.9 Å². The Kier molecular flexibility index (Phi) is 5.93. The lowest BCUT2D eigenvalue weighted by Crippen LogP contribution is -2.45. The highest BCUT2D eigenvalue weighted by atomic mass is 35.5. The van der Waals surface area contributed by atoms with Gasteiger partial charge in [0.15, 0.2) is 0 Å². The number of halogens is 2. The first-order valence-corrected chi connectivity index (χ1v) is 12.5. The second-order valence-electron chi connectivity index (χ2n) is 8.80. The maximum atomic E-state index is 13.6. The number of hydrogen-bond donors (Lipinski definition) is 1. The highest BCUT2D eigenvalue weighted by molar-refractivity contribution is 7.15. The summed E-state index contributed by atoms with van der Waals surface area (Å²) in [6.45, 7) is 5.08. The molecule has 2 aromatic carbocycles. The molecule has 1 saturated heterocycles. The number of nitrogens with one attached hydrogen (secondary N) is 1. The van der Waals surface area contributed by atoms with Crippen molar-refractivity contribution in [1.29, 1.82) is 0 Å². The van der Waals surface area contributed by atoms with Gasteiger partial charge in [-0.25, -0.2) is 4.98 Å². The van der Waals surface area contributed by atoms with Crippen LogP contribution in [0.5, 0.6) is 0 Å². The van der Waals surface area contributed by atoms with Gasteiger partial charge in [0.1, 0.15) is 5.69 Å². The summed E-state index contributed by atoms with van der Waals surface area (Å²) in [5, 5.41) is 4.60. The van der Waals surface area contributed by atoms with Gasteiger partial charge >= 0.3 is 0 Å². The standard InChI is InChI=1S/C25H23Cl2N3O2S/c1-13-4-3-5-15(8-13)23-22(29-14(2)33-23)25(32)30-12-17-9-18(17)21(30)11-28-24(31)16-6-7-19(26)20(27)10-16/h3-8,10,17-18,21H,9,11-12H2,1-2H3,(H,28,31)/t17-,18?,21+/m0/s1. The third kappa shape index (κ3) is 4.39. The molecular formula is C25H23Cl2N3O2S. The minimum atomic E-state index is -0.227. The minimum Gasteiger partial charge on any atom is -0.350 e. The molecule has 2 fully saturated rings. The minimum absolute atomic E-state index is 0.0402. The second kappa shape index (κ2) is 8.75. The normalized spacial score (nSPS) is 21.1. The van der Waals surface area contributed by atoms with Crippen LogP contribution in [-0.2, 0) is 0 Å². The van der Waals surface area contributed by atoms with E-state index in [1.165, 1.54) is 0 Å². The number of carbonyl (C=O) groups excluding carboxylic acids is 2. The van der Waals surface area contributed by atoms with Crippen LogP contribution in [0.15, 0.2) is 42.5 Å². The lowest BCUT2D eigenvalue weighted by Gasteiger charge is -2.27. The molecule has 3 aromatic rings. The number of benzene rings is 2. The largest absolute Gasteiger partial charge is 0.350 e. The monoisotopic (exact) mass is 499 g/mol. The van der Waals surface area contributed by atoms with Gasteiger partial charge in [0, 0.05) is 18.7 Å². The number of rotatable bonds is 5. The van der Waals surface area contributed by atoms with Gasteiger partial charge in [0.25, 0.3) is 11.8 Å². The van der Waals surface area contributed by atoms with Gasteiger partial charge in [-0.15, -0.1) is 11.3 Å². The summed E-state index contributed by atoms with van der Waals surface area (Å²) in [6.07, 6.45) is 1.10. The SMILES string of the molecule is Cc1cccc(-c2sc(C)nc2C(=O)N2C[C@@H]3CC3[C@H]2CNC(=O)c2ccc(Cl)c(Cl)c2)c1. The zero-order valence-electron chi connectivity index (χ0n) is 18.3. The fourth-order valence-electron chi connectivity index (χ4n) is 4.69. The van der Waals surface area contributed by atoms with E-state index >= 15 is 0 Å². The van der Waals surface area contributed by atoms with Gasteiger partial charge in [-0.3, -0.25) is 9.59 Å². The summed E-state index contributed by atoms with van der Waals surface area (Å²) in [7, 11) is 0. The number of carbonyl (C=O) groups is 2. The second-order valence-corrected chi connectivity index (χ2v) is 10.8. The van der Waals surface area contributed by atoms with Crippen LogP contribution in [0.25, 0.3) is 10.4 Å². The zero-order valence-corrected chi connectivity index (χ0v) is 20.6. The Bertz CT molecular complexity index is 1260. The molecular weight excluding hydrogens is 477 g/mol. The summed E-state index contributed by atoms with van der Waals surface area (Å²) >= 11 is 13.6. The molecule has 1 aromatic heterocycles. The van der Waals surface area contributed by atoms with Gasteiger partial charge < -0.3 is 10.2 Å². The highest BCUT2D eigenvalue weighted by Gasteiger charge is 2.54. The number of hydrogen-bond acceptors (Lipinski definition) is 4. The molecule has 1 N–H and O–H groups in total. The van der Waals surface area contributed by atoms with Gasteiger partial charge in [-0.1, -0.05) is 53.0 Å². The van der Waals surface area contributed by atoms with Gasteiger partial charge in [0.05, 0.1) is 26.0 Å². The molecule has 0 radical (unpaired) electrons.